The molecule has 3 heteroatoms. The summed E-state index contributed by atoms with van der Waals surface area (Å²) in [6, 6.07) is 14.8. The molecule has 0 unspecified atom stereocenters. The molecule has 0 atom stereocenters. The summed E-state index contributed by atoms with van der Waals surface area (Å²) in [6.07, 6.45) is 0. The van der Waals surface area contributed by atoms with Crippen molar-refractivity contribution in [3.8, 4) is 0 Å². The van der Waals surface area contributed by atoms with Crippen LogP contribution in [0.5, 0.6) is 0 Å². The highest BCUT2D eigenvalue weighted by Gasteiger charge is 2.05. The number of benzene rings is 2. The molecule has 19 heavy (non-hydrogen) atoms. The maximum atomic E-state index is 12.8. The lowest BCUT2D eigenvalue weighted by Gasteiger charge is -2.18. The number of hydrogen-bond donors (Lipinski definition) is 1. The molecule has 0 heterocycles. The smallest absolute Gasteiger partial charge is 0.123 e. The molecule has 0 aromatic heterocycles. The number of rotatable bonds is 5. The SMILES string of the molecule is CN(Cc1ccc(F)cc1)Cc1ccccc1CN. The molecule has 2 rings (SSSR count). The average Bonchev–Trinajstić information content (AvgIpc) is 2.42. The van der Waals surface area contributed by atoms with Gasteiger partial charge in [-0.1, -0.05) is 36.4 Å². The first kappa shape index (κ1) is 13.7. The highest BCUT2D eigenvalue weighted by molar-refractivity contribution is 5.27. The predicted octanol–water partition coefficient (Wildman–Crippen LogP) is 2.92. The van der Waals surface area contributed by atoms with Gasteiger partial charge in [-0.3, -0.25) is 4.90 Å². The Morgan fingerprint density at radius 2 is 1.58 bits per heavy atom. The Labute approximate surface area is 113 Å². The zero-order valence-electron chi connectivity index (χ0n) is 11.1. The molecule has 2 nitrogen and oxygen atoms in total. The number of nitrogens with zero attached hydrogens (tertiary/aromatic N) is 1. The summed E-state index contributed by atoms with van der Waals surface area (Å²) in [4.78, 5) is 2.20. The van der Waals surface area contributed by atoms with E-state index in [0.717, 1.165) is 18.7 Å². The van der Waals surface area contributed by atoms with Gasteiger partial charge >= 0.3 is 0 Å². The fourth-order valence-electron chi connectivity index (χ4n) is 2.16. The minimum atomic E-state index is -0.195. The van der Waals surface area contributed by atoms with E-state index in [1.54, 1.807) is 0 Å². The fraction of sp³-hybridized carbons (Fsp3) is 0.250. The summed E-state index contributed by atoms with van der Waals surface area (Å²) in [5.41, 5.74) is 9.26. The van der Waals surface area contributed by atoms with Crippen molar-refractivity contribution in [3.05, 3.63) is 71.0 Å². The summed E-state index contributed by atoms with van der Waals surface area (Å²) in [5.74, 6) is -0.195. The van der Waals surface area contributed by atoms with Gasteiger partial charge in [-0.25, -0.2) is 4.39 Å². The van der Waals surface area contributed by atoms with E-state index in [1.807, 2.05) is 24.3 Å². The van der Waals surface area contributed by atoms with Gasteiger partial charge in [0.1, 0.15) is 5.82 Å². The van der Waals surface area contributed by atoms with Gasteiger partial charge in [-0.2, -0.15) is 0 Å². The summed E-state index contributed by atoms with van der Waals surface area (Å²) >= 11 is 0. The third-order valence-corrected chi connectivity index (χ3v) is 3.14. The zero-order chi connectivity index (χ0) is 13.7. The number of nitrogens with two attached hydrogens (primary N) is 1. The van der Waals surface area contributed by atoms with E-state index in [-0.39, 0.29) is 5.82 Å². The molecule has 0 bridgehead atoms. The van der Waals surface area contributed by atoms with Gasteiger partial charge in [0, 0.05) is 19.6 Å². The van der Waals surface area contributed by atoms with Crippen molar-refractivity contribution < 1.29 is 4.39 Å². The van der Waals surface area contributed by atoms with Crippen molar-refractivity contribution in [1.82, 2.24) is 4.90 Å². The minimum absolute atomic E-state index is 0.195. The van der Waals surface area contributed by atoms with Crippen molar-refractivity contribution in [1.29, 1.82) is 0 Å². The van der Waals surface area contributed by atoms with Crippen molar-refractivity contribution in [2.45, 2.75) is 19.6 Å². The third-order valence-electron chi connectivity index (χ3n) is 3.14. The van der Waals surface area contributed by atoms with E-state index >= 15 is 0 Å². The molecular weight excluding hydrogens is 239 g/mol. The van der Waals surface area contributed by atoms with Crippen molar-refractivity contribution >= 4 is 0 Å². The Bertz CT molecular complexity index is 523. The standard InChI is InChI=1S/C16H19FN2/c1-19(11-13-6-8-16(17)9-7-13)12-15-5-3-2-4-14(15)10-18/h2-9H,10-12,18H2,1H3. The van der Waals surface area contributed by atoms with Crippen LogP contribution in [0.25, 0.3) is 0 Å². The van der Waals surface area contributed by atoms with Crippen LogP contribution in [0.4, 0.5) is 4.39 Å². The van der Waals surface area contributed by atoms with Crippen LogP contribution in [0.2, 0.25) is 0 Å². The predicted molar refractivity (Wildman–Crippen MR) is 75.9 cm³/mol. The van der Waals surface area contributed by atoms with Crippen molar-refractivity contribution in [2.75, 3.05) is 7.05 Å². The van der Waals surface area contributed by atoms with Crippen LogP contribution in [-0.4, -0.2) is 11.9 Å². The minimum Gasteiger partial charge on any atom is -0.326 e. The van der Waals surface area contributed by atoms with E-state index in [1.165, 1.54) is 23.3 Å². The Balaban J connectivity index is 2.01. The van der Waals surface area contributed by atoms with Gasteiger partial charge in [0.15, 0.2) is 0 Å². The Morgan fingerprint density at radius 3 is 2.21 bits per heavy atom. The molecule has 0 spiro atoms. The first-order valence-corrected chi connectivity index (χ1v) is 6.39. The molecule has 0 fully saturated rings. The molecule has 2 aromatic rings. The van der Waals surface area contributed by atoms with E-state index in [9.17, 15) is 4.39 Å². The van der Waals surface area contributed by atoms with Crippen LogP contribution in [0.1, 0.15) is 16.7 Å². The lowest BCUT2D eigenvalue weighted by Crippen LogP contribution is -2.18. The van der Waals surface area contributed by atoms with Gasteiger partial charge in [-0.05, 0) is 35.9 Å². The molecule has 0 radical (unpaired) electrons. The van der Waals surface area contributed by atoms with Gasteiger partial charge in [-0.15, -0.1) is 0 Å². The normalized spacial score (nSPS) is 10.9. The Hall–Kier alpha value is -1.71. The van der Waals surface area contributed by atoms with Gasteiger partial charge < -0.3 is 5.73 Å². The molecule has 2 aromatic carbocycles. The van der Waals surface area contributed by atoms with Crippen LogP contribution < -0.4 is 5.73 Å². The monoisotopic (exact) mass is 258 g/mol. The second-order valence-corrected chi connectivity index (χ2v) is 4.77. The molecular formula is C16H19FN2. The second-order valence-electron chi connectivity index (χ2n) is 4.77. The van der Waals surface area contributed by atoms with E-state index in [4.69, 9.17) is 5.73 Å². The highest BCUT2D eigenvalue weighted by Crippen LogP contribution is 2.12. The number of halogens is 1. The largest absolute Gasteiger partial charge is 0.326 e. The van der Waals surface area contributed by atoms with Crippen LogP contribution in [-0.2, 0) is 19.6 Å². The average molecular weight is 258 g/mol. The highest BCUT2D eigenvalue weighted by atomic mass is 19.1. The summed E-state index contributed by atoms with van der Waals surface area (Å²) in [6.45, 7) is 2.19. The van der Waals surface area contributed by atoms with Crippen molar-refractivity contribution in [2.24, 2.45) is 5.73 Å². The lowest BCUT2D eigenvalue weighted by atomic mass is 10.1. The molecule has 0 saturated heterocycles. The molecule has 0 aliphatic heterocycles. The Morgan fingerprint density at radius 1 is 0.947 bits per heavy atom. The van der Waals surface area contributed by atoms with E-state index < -0.39 is 0 Å². The van der Waals surface area contributed by atoms with Gasteiger partial charge in [0.25, 0.3) is 0 Å². The van der Waals surface area contributed by atoms with Crippen LogP contribution >= 0.6 is 0 Å². The van der Waals surface area contributed by atoms with Gasteiger partial charge in [0.05, 0.1) is 0 Å². The topological polar surface area (TPSA) is 29.3 Å². The molecule has 2 N–H and O–H groups in total. The molecule has 0 saturated carbocycles. The Kier molecular flexibility index (Phi) is 4.66. The lowest BCUT2D eigenvalue weighted by molar-refractivity contribution is 0.318. The quantitative estimate of drug-likeness (QED) is 0.893. The first-order chi connectivity index (χ1) is 9.19. The van der Waals surface area contributed by atoms with E-state index in [2.05, 4.69) is 24.1 Å². The summed E-state index contributed by atoms with van der Waals surface area (Å²) in [5, 5.41) is 0. The second kappa shape index (κ2) is 6.45. The summed E-state index contributed by atoms with van der Waals surface area (Å²) < 4.78 is 12.8. The number of hydrogen-bond acceptors (Lipinski definition) is 2. The fourth-order valence-corrected chi connectivity index (χ4v) is 2.16. The third kappa shape index (κ3) is 3.88. The summed E-state index contributed by atoms with van der Waals surface area (Å²) in [7, 11) is 2.05. The zero-order valence-corrected chi connectivity index (χ0v) is 11.1. The first-order valence-electron chi connectivity index (χ1n) is 6.39. The van der Waals surface area contributed by atoms with Gasteiger partial charge in [0.2, 0.25) is 0 Å². The van der Waals surface area contributed by atoms with Crippen molar-refractivity contribution in [3.63, 3.8) is 0 Å². The maximum Gasteiger partial charge on any atom is 0.123 e. The maximum absolute atomic E-state index is 12.8. The molecule has 0 aliphatic carbocycles. The van der Waals surface area contributed by atoms with Crippen LogP contribution in [0.3, 0.4) is 0 Å². The molecule has 100 valence electrons. The van der Waals surface area contributed by atoms with E-state index in [0.29, 0.717) is 6.54 Å². The van der Waals surface area contributed by atoms with Crippen LogP contribution in [0, 0.1) is 5.82 Å². The molecule has 0 amide bonds. The molecule has 0 aliphatic rings. The van der Waals surface area contributed by atoms with Crippen LogP contribution in [0.15, 0.2) is 48.5 Å².